The van der Waals surface area contributed by atoms with Crippen LogP contribution in [0, 0.1) is 11.8 Å². The van der Waals surface area contributed by atoms with E-state index < -0.39 is 0 Å². The molecule has 180 valence electrons. The molecule has 0 spiro atoms. The summed E-state index contributed by atoms with van der Waals surface area (Å²) in [5.74, 6) is 0.950. The van der Waals surface area contributed by atoms with Crippen molar-refractivity contribution in [3.8, 4) is 5.69 Å². The molecule has 1 aromatic heterocycles. The summed E-state index contributed by atoms with van der Waals surface area (Å²) in [5.41, 5.74) is 4.70. The molecule has 4 rings (SSSR count). The van der Waals surface area contributed by atoms with Gasteiger partial charge >= 0.3 is 0 Å². The molecule has 5 nitrogen and oxygen atoms in total. The minimum atomic E-state index is 0.184. The Morgan fingerprint density at radius 2 is 1.91 bits per heavy atom. The first-order chi connectivity index (χ1) is 16.0. The Morgan fingerprint density at radius 3 is 2.58 bits per heavy atom. The van der Waals surface area contributed by atoms with Gasteiger partial charge in [0.05, 0.1) is 23.6 Å². The summed E-state index contributed by atoms with van der Waals surface area (Å²) in [7, 11) is 0. The van der Waals surface area contributed by atoms with Crippen LogP contribution in [0.3, 0.4) is 0 Å². The van der Waals surface area contributed by atoms with Gasteiger partial charge in [0.15, 0.2) is 0 Å². The summed E-state index contributed by atoms with van der Waals surface area (Å²) in [4.78, 5) is 18.2. The van der Waals surface area contributed by atoms with Gasteiger partial charge in [0.25, 0.3) is 0 Å². The maximum Gasteiger partial charge on any atom is 0.226 e. The number of halogens is 1. The van der Waals surface area contributed by atoms with Crippen LogP contribution in [0.5, 0.6) is 0 Å². The molecule has 6 heteroatoms. The molecule has 0 unspecified atom stereocenters. The first kappa shape index (κ1) is 24.3. The van der Waals surface area contributed by atoms with E-state index in [0.29, 0.717) is 18.4 Å². The van der Waals surface area contributed by atoms with E-state index in [1.54, 1.807) is 0 Å². The topological polar surface area (TPSA) is 41.4 Å². The molecule has 1 fully saturated rings. The molecule has 0 saturated heterocycles. The molecule has 1 amide bonds. The fourth-order valence-electron chi connectivity index (χ4n) is 5.43. The highest BCUT2D eigenvalue weighted by atomic mass is 35.5. The number of amides is 1. The molecule has 1 aromatic carbocycles. The fourth-order valence-corrected chi connectivity index (χ4v) is 5.56. The molecule has 0 bridgehead atoms. The van der Waals surface area contributed by atoms with Crippen molar-refractivity contribution in [3.05, 3.63) is 46.2 Å². The number of hydrogen-bond donors (Lipinski definition) is 0. The van der Waals surface area contributed by atoms with Gasteiger partial charge in [-0.05, 0) is 56.0 Å². The lowest BCUT2D eigenvalue weighted by Gasteiger charge is -2.31. The number of carbonyl (C=O) groups is 1. The van der Waals surface area contributed by atoms with Crippen molar-refractivity contribution in [2.75, 3.05) is 19.6 Å². The summed E-state index contributed by atoms with van der Waals surface area (Å²) < 4.78 is 2.10. The minimum absolute atomic E-state index is 0.184. The summed E-state index contributed by atoms with van der Waals surface area (Å²) in [6.07, 6.45) is 7.82. The molecule has 0 N–H and O–H groups in total. The molecular formula is C27H39ClN4O. The minimum Gasteiger partial charge on any atom is -0.336 e. The molecule has 0 atom stereocenters. The van der Waals surface area contributed by atoms with Crippen LogP contribution in [0.4, 0.5) is 0 Å². The molecule has 2 heterocycles. The van der Waals surface area contributed by atoms with E-state index in [9.17, 15) is 4.79 Å². The predicted molar refractivity (Wildman–Crippen MR) is 135 cm³/mol. The number of carbonyl (C=O) groups excluding carboxylic acids is 1. The van der Waals surface area contributed by atoms with Gasteiger partial charge in [0.2, 0.25) is 5.91 Å². The molecule has 1 aliphatic heterocycles. The monoisotopic (exact) mass is 470 g/mol. The Balaban J connectivity index is 1.66. The molecule has 0 radical (unpaired) electrons. The average molecular weight is 471 g/mol. The van der Waals surface area contributed by atoms with Crippen molar-refractivity contribution < 1.29 is 4.79 Å². The van der Waals surface area contributed by atoms with Crippen molar-refractivity contribution in [2.24, 2.45) is 11.8 Å². The maximum atomic E-state index is 13.6. The highest BCUT2D eigenvalue weighted by Crippen LogP contribution is 2.30. The third-order valence-electron chi connectivity index (χ3n) is 7.02. The third kappa shape index (κ3) is 5.81. The number of hydrogen-bond acceptors (Lipinski definition) is 3. The second-order valence-electron chi connectivity index (χ2n) is 10.2. The van der Waals surface area contributed by atoms with E-state index in [1.807, 2.05) is 24.3 Å². The fraction of sp³-hybridized carbons (Fsp3) is 0.630. The van der Waals surface area contributed by atoms with Crippen molar-refractivity contribution in [1.82, 2.24) is 19.6 Å². The number of aromatic nitrogens is 2. The Bertz CT molecular complexity index is 930. The Labute approximate surface area is 204 Å². The second kappa shape index (κ2) is 11.1. The van der Waals surface area contributed by atoms with E-state index in [-0.39, 0.29) is 5.92 Å². The zero-order valence-corrected chi connectivity index (χ0v) is 21.3. The lowest BCUT2D eigenvalue weighted by molar-refractivity contribution is -0.137. The SMILES string of the molecule is CCCN1CCc2c(c(CN(CC(C)C)C(=O)C3CCCCC3)nn2-c2ccc(Cl)cc2)C1. The first-order valence-corrected chi connectivity index (χ1v) is 13.2. The van der Waals surface area contributed by atoms with E-state index in [4.69, 9.17) is 16.7 Å². The van der Waals surface area contributed by atoms with Crippen LogP contribution >= 0.6 is 11.6 Å². The maximum absolute atomic E-state index is 13.6. The van der Waals surface area contributed by atoms with E-state index in [0.717, 1.165) is 68.3 Å². The summed E-state index contributed by atoms with van der Waals surface area (Å²) in [6.45, 7) is 11.1. The van der Waals surface area contributed by atoms with Crippen LogP contribution in [0.2, 0.25) is 5.02 Å². The molecule has 1 aliphatic carbocycles. The number of fused-ring (bicyclic) bond motifs is 1. The summed E-state index contributed by atoms with van der Waals surface area (Å²) in [5, 5.41) is 5.85. The molecule has 1 saturated carbocycles. The van der Waals surface area contributed by atoms with E-state index in [1.165, 1.54) is 30.5 Å². The quantitative estimate of drug-likeness (QED) is 0.485. The molecule has 2 aromatic rings. The smallest absolute Gasteiger partial charge is 0.226 e. The van der Waals surface area contributed by atoms with Gasteiger partial charge in [-0.2, -0.15) is 5.10 Å². The van der Waals surface area contributed by atoms with Crippen LogP contribution in [0.1, 0.15) is 76.2 Å². The van der Waals surface area contributed by atoms with Crippen molar-refractivity contribution in [1.29, 1.82) is 0 Å². The number of benzene rings is 1. The van der Waals surface area contributed by atoms with Crippen LogP contribution in [-0.2, 0) is 24.3 Å². The van der Waals surface area contributed by atoms with E-state index in [2.05, 4.69) is 35.3 Å². The van der Waals surface area contributed by atoms with Gasteiger partial charge in [0, 0.05) is 42.6 Å². The van der Waals surface area contributed by atoms with Crippen LogP contribution in [0.15, 0.2) is 24.3 Å². The third-order valence-corrected chi connectivity index (χ3v) is 7.27. The predicted octanol–water partition coefficient (Wildman–Crippen LogP) is 5.86. The Kier molecular flexibility index (Phi) is 8.13. The van der Waals surface area contributed by atoms with Gasteiger partial charge in [-0.1, -0.05) is 51.6 Å². The Hall–Kier alpha value is -1.85. The van der Waals surface area contributed by atoms with Crippen LogP contribution in [0.25, 0.3) is 5.69 Å². The lowest BCUT2D eigenvalue weighted by atomic mass is 9.88. The largest absolute Gasteiger partial charge is 0.336 e. The number of rotatable bonds is 8. The number of nitrogens with zero attached hydrogens (tertiary/aromatic N) is 4. The van der Waals surface area contributed by atoms with Gasteiger partial charge in [-0.25, -0.2) is 4.68 Å². The van der Waals surface area contributed by atoms with Gasteiger partial charge in [0.1, 0.15) is 0 Å². The molecule has 2 aliphatic rings. The van der Waals surface area contributed by atoms with Gasteiger partial charge in [-0.3, -0.25) is 9.69 Å². The average Bonchev–Trinajstić information content (AvgIpc) is 3.17. The summed E-state index contributed by atoms with van der Waals surface area (Å²) >= 11 is 6.15. The first-order valence-electron chi connectivity index (χ1n) is 12.8. The zero-order chi connectivity index (χ0) is 23.4. The van der Waals surface area contributed by atoms with Gasteiger partial charge in [-0.15, -0.1) is 0 Å². The normalized spacial score (nSPS) is 17.4. The Morgan fingerprint density at radius 1 is 1.18 bits per heavy atom. The molecule has 33 heavy (non-hydrogen) atoms. The lowest BCUT2D eigenvalue weighted by Crippen LogP contribution is -2.39. The van der Waals surface area contributed by atoms with Crippen LogP contribution < -0.4 is 0 Å². The van der Waals surface area contributed by atoms with Crippen molar-refractivity contribution >= 4 is 17.5 Å². The van der Waals surface area contributed by atoms with Crippen LogP contribution in [-0.4, -0.2) is 45.1 Å². The van der Waals surface area contributed by atoms with Gasteiger partial charge < -0.3 is 4.90 Å². The standard InChI is InChI=1S/C27H39ClN4O/c1-4-15-30-16-14-26-24(18-30)25(29-32(26)23-12-10-22(28)11-13-23)19-31(17-20(2)3)27(33)21-8-6-5-7-9-21/h10-13,20-21H,4-9,14-19H2,1-3H3. The highest BCUT2D eigenvalue weighted by Gasteiger charge is 2.30. The van der Waals surface area contributed by atoms with Crippen molar-refractivity contribution in [3.63, 3.8) is 0 Å². The zero-order valence-electron chi connectivity index (χ0n) is 20.5. The highest BCUT2D eigenvalue weighted by molar-refractivity contribution is 6.30. The summed E-state index contributed by atoms with van der Waals surface area (Å²) in [6, 6.07) is 7.93. The van der Waals surface area contributed by atoms with E-state index >= 15 is 0 Å². The molecular weight excluding hydrogens is 432 g/mol. The van der Waals surface area contributed by atoms with Crippen molar-refractivity contribution in [2.45, 2.75) is 78.8 Å². The second-order valence-corrected chi connectivity index (χ2v) is 10.7.